The number of aliphatic hydroxyl groups excluding tert-OH is 1. The molecule has 0 saturated carbocycles. The first-order valence-electron chi connectivity index (χ1n) is 20.3. The van der Waals surface area contributed by atoms with Crippen LogP contribution >= 0.6 is 23.2 Å². The summed E-state index contributed by atoms with van der Waals surface area (Å²) in [5.41, 5.74) is 3.25. The SMILES string of the molecule is COc1ccc(C(O)(CNCc2ccccc2)c2ccc(C(O)CNCc3ccccc3)cc2Cl)c(Cl)c1.CS(=O)(=O)Oc1ccc(C(CNCc2ccccc2)OS(C)(=O)=O)c(F)c1. The number of rotatable bonds is 21. The Labute approximate surface area is 390 Å². The maximum Gasteiger partial charge on any atom is 0.306 e. The Hall–Kier alpha value is -4.91. The molecule has 0 amide bonds. The minimum absolute atomic E-state index is 0.0190. The van der Waals surface area contributed by atoms with E-state index >= 15 is 0 Å². The fourth-order valence-electron chi connectivity index (χ4n) is 6.76. The van der Waals surface area contributed by atoms with Crippen molar-refractivity contribution in [2.45, 2.75) is 37.4 Å². The number of hydrogen-bond acceptors (Lipinski definition) is 12. The maximum absolute atomic E-state index is 14.4. The number of methoxy groups -OCH3 is 1. The molecule has 0 aliphatic rings. The molecule has 0 bridgehead atoms. The Morgan fingerprint density at radius 1 is 0.631 bits per heavy atom. The maximum atomic E-state index is 14.4. The van der Waals surface area contributed by atoms with Crippen molar-refractivity contribution in [1.82, 2.24) is 16.0 Å². The third kappa shape index (κ3) is 16.2. The van der Waals surface area contributed by atoms with Crippen molar-refractivity contribution in [3.05, 3.63) is 200 Å². The molecule has 5 N–H and O–H groups in total. The molecule has 0 aliphatic carbocycles. The standard InChI is InChI=1S/C31H32Cl2N2O3.C17H20FNO6S2/c1-38-25-13-15-27(29(33)17-25)31(37,21-35-19-23-10-6-3-7-11-23)26-14-12-24(16-28(26)32)30(36)20-34-18-22-8-4-2-5-9-22;1-26(20,21)24-14-8-9-15(16(18)10-14)17(25-27(2,22)23)12-19-11-13-6-4-3-5-7-13/h2-17,30,34-37H,18-21H2,1H3;3-10,17,19H,11-12H2,1-2H3. The third-order valence-corrected chi connectivity index (χ3v) is 11.6. The topological polar surface area (TPSA) is 173 Å². The van der Waals surface area contributed by atoms with E-state index in [9.17, 15) is 31.4 Å². The van der Waals surface area contributed by atoms with Crippen LogP contribution in [0.2, 0.25) is 10.0 Å². The molecule has 65 heavy (non-hydrogen) atoms. The molecule has 6 aromatic carbocycles. The van der Waals surface area contributed by atoms with E-state index in [1.165, 1.54) is 12.1 Å². The zero-order valence-corrected chi connectivity index (χ0v) is 39.1. The van der Waals surface area contributed by atoms with Crippen LogP contribution in [0.15, 0.2) is 146 Å². The van der Waals surface area contributed by atoms with Crippen molar-refractivity contribution in [3.8, 4) is 11.5 Å². The largest absolute Gasteiger partial charge is 0.497 e. The van der Waals surface area contributed by atoms with Crippen molar-refractivity contribution in [2.24, 2.45) is 0 Å². The number of nitrogens with one attached hydrogen (secondary N) is 3. The highest BCUT2D eigenvalue weighted by Crippen LogP contribution is 2.40. The van der Waals surface area contributed by atoms with Gasteiger partial charge in [0.25, 0.3) is 10.1 Å². The lowest BCUT2D eigenvalue weighted by Crippen LogP contribution is -2.39. The third-order valence-electron chi connectivity index (χ3n) is 9.87. The molecule has 12 nitrogen and oxygen atoms in total. The van der Waals surface area contributed by atoms with Crippen molar-refractivity contribution < 1.29 is 44.5 Å². The van der Waals surface area contributed by atoms with Crippen LogP contribution in [0.1, 0.15) is 51.2 Å². The minimum Gasteiger partial charge on any atom is -0.497 e. The van der Waals surface area contributed by atoms with Crippen LogP contribution < -0.4 is 24.9 Å². The molecule has 0 fully saturated rings. The average molecular weight is 969 g/mol. The van der Waals surface area contributed by atoms with Crippen molar-refractivity contribution >= 4 is 43.4 Å². The van der Waals surface area contributed by atoms with Crippen LogP contribution in [-0.2, 0) is 49.7 Å². The lowest BCUT2D eigenvalue weighted by atomic mass is 9.85. The molecule has 0 heterocycles. The summed E-state index contributed by atoms with van der Waals surface area (Å²) in [7, 11) is -6.10. The van der Waals surface area contributed by atoms with Gasteiger partial charge in [0.05, 0.1) is 30.7 Å². The minimum atomic E-state index is -3.86. The van der Waals surface area contributed by atoms with Crippen LogP contribution in [0.5, 0.6) is 11.5 Å². The number of halogens is 3. The first-order valence-corrected chi connectivity index (χ1v) is 24.7. The van der Waals surface area contributed by atoms with E-state index in [4.69, 9.17) is 32.1 Å². The van der Waals surface area contributed by atoms with E-state index in [1.807, 2.05) is 91.0 Å². The highest BCUT2D eigenvalue weighted by Gasteiger charge is 2.36. The highest BCUT2D eigenvalue weighted by atomic mass is 35.5. The van der Waals surface area contributed by atoms with Gasteiger partial charge in [0, 0.05) is 67.0 Å². The second kappa shape index (κ2) is 24.0. The Kier molecular flexibility index (Phi) is 18.9. The quantitative estimate of drug-likeness (QED) is 0.0444. The molecule has 0 radical (unpaired) electrons. The second-order valence-electron chi connectivity index (χ2n) is 15.0. The van der Waals surface area contributed by atoms with Gasteiger partial charge in [-0.15, -0.1) is 0 Å². The van der Waals surface area contributed by atoms with E-state index in [2.05, 4.69) is 20.1 Å². The molecular formula is C48H52Cl2FN3O9S2. The first kappa shape index (κ1) is 51.1. The van der Waals surface area contributed by atoms with Gasteiger partial charge in [-0.25, -0.2) is 4.39 Å². The summed E-state index contributed by atoms with van der Waals surface area (Å²) >= 11 is 13.4. The lowest BCUT2D eigenvalue weighted by molar-refractivity contribution is 0.0796. The van der Waals surface area contributed by atoms with Gasteiger partial charge in [0.15, 0.2) is 0 Å². The molecule has 3 unspecified atom stereocenters. The summed E-state index contributed by atoms with van der Waals surface area (Å²) < 4.78 is 74.7. The summed E-state index contributed by atoms with van der Waals surface area (Å²) in [5.74, 6) is -0.466. The number of ether oxygens (including phenoxy) is 1. The lowest BCUT2D eigenvalue weighted by Gasteiger charge is -2.32. The van der Waals surface area contributed by atoms with Crippen LogP contribution in [0.25, 0.3) is 0 Å². The molecular weight excluding hydrogens is 917 g/mol. The van der Waals surface area contributed by atoms with Crippen molar-refractivity contribution in [2.75, 3.05) is 39.3 Å². The Morgan fingerprint density at radius 2 is 1.12 bits per heavy atom. The van der Waals surface area contributed by atoms with Gasteiger partial charge in [-0.05, 0) is 52.6 Å². The predicted molar refractivity (Wildman–Crippen MR) is 252 cm³/mol. The molecule has 0 aromatic heterocycles. The molecule has 0 spiro atoms. The molecule has 3 atom stereocenters. The molecule has 6 rings (SSSR count). The monoisotopic (exact) mass is 967 g/mol. The van der Waals surface area contributed by atoms with Crippen LogP contribution in [0.4, 0.5) is 4.39 Å². The number of benzene rings is 6. The fourth-order valence-corrected chi connectivity index (χ4v) is 8.48. The molecule has 346 valence electrons. The normalized spacial score (nSPS) is 13.5. The summed E-state index contributed by atoms with van der Waals surface area (Å²) in [6, 6.07) is 43.0. The Bertz CT molecular complexity index is 2670. The van der Waals surface area contributed by atoms with Gasteiger partial charge in [0.1, 0.15) is 29.0 Å². The number of hydrogen-bond donors (Lipinski definition) is 5. The van der Waals surface area contributed by atoms with Crippen molar-refractivity contribution in [1.29, 1.82) is 0 Å². The van der Waals surface area contributed by atoms with Crippen LogP contribution in [0.3, 0.4) is 0 Å². The van der Waals surface area contributed by atoms with Crippen LogP contribution in [-0.4, -0.2) is 66.3 Å². The Balaban J connectivity index is 0.000000259. The smallest absolute Gasteiger partial charge is 0.306 e. The van der Waals surface area contributed by atoms with E-state index in [-0.39, 0.29) is 24.4 Å². The summed E-state index contributed by atoms with van der Waals surface area (Å²) in [4.78, 5) is 0. The van der Waals surface area contributed by atoms with E-state index in [1.54, 1.807) is 43.5 Å². The second-order valence-corrected chi connectivity index (χ2v) is 19.0. The van der Waals surface area contributed by atoms with E-state index in [0.717, 1.165) is 35.3 Å². The summed E-state index contributed by atoms with van der Waals surface area (Å²) in [6.45, 7) is 2.17. The molecule has 17 heteroatoms. The van der Waals surface area contributed by atoms with Gasteiger partial charge in [-0.3, -0.25) is 4.18 Å². The summed E-state index contributed by atoms with van der Waals surface area (Å²) in [6.07, 6.45) is -0.187. The van der Waals surface area contributed by atoms with Gasteiger partial charge in [-0.1, -0.05) is 132 Å². The average Bonchev–Trinajstić information content (AvgIpc) is 3.26. The first-order chi connectivity index (χ1) is 30.9. The highest BCUT2D eigenvalue weighted by molar-refractivity contribution is 7.86. The van der Waals surface area contributed by atoms with Gasteiger partial charge in [-0.2, -0.15) is 16.8 Å². The van der Waals surface area contributed by atoms with Gasteiger partial charge in [0.2, 0.25) is 0 Å². The van der Waals surface area contributed by atoms with Gasteiger partial charge < -0.3 is 35.1 Å². The Morgan fingerprint density at radius 3 is 1.60 bits per heavy atom. The summed E-state index contributed by atoms with van der Waals surface area (Å²) in [5, 5.41) is 33.2. The zero-order chi connectivity index (χ0) is 47.0. The van der Waals surface area contributed by atoms with Crippen molar-refractivity contribution in [3.63, 3.8) is 0 Å². The van der Waals surface area contributed by atoms with Gasteiger partial charge >= 0.3 is 10.1 Å². The molecule has 0 saturated heterocycles. The number of aliphatic hydroxyl groups is 2. The fraction of sp³-hybridized carbons (Fsp3) is 0.250. The van der Waals surface area contributed by atoms with E-state index in [0.29, 0.717) is 58.7 Å². The van der Waals surface area contributed by atoms with E-state index < -0.39 is 43.9 Å². The molecule has 0 aliphatic heterocycles. The predicted octanol–water partition coefficient (Wildman–Crippen LogP) is 7.82. The van der Waals surface area contributed by atoms with Crippen LogP contribution in [0, 0.1) is 5.82 Å². The molecule has 6 aromatic rings. The zero-order valence-electron chi connectivity index (χ0n) is 36.0.